The Labute approximate surface area is 204 Å². The van der Waals surface area contributed by atoms with Gasteiger partial charge in [0.05, 0.1) is 31.0 Å². The van der Waals surface area contributed by atoms with Crippen molar-refractivity contribution in [2.75, 3.05) is 47.2 Å². The van der Waals surface area contributed by atoms with E-state index in [2.05, 4.69) is 20.2 Å². The van der Waals surface area contributed by atoms with Crippen LogP contribution in [0.4, 0.5) is 41.9 Å². The Bertz CT molecular complexity index is 1260. The fraction of sp³-hybridized carbons (Fsp3) is 0.292. The summed E-state index contributed by atoms with van der Waals surface area (Å²) in [6.07, 6.45) is -2.07. The number of aromatic nitrogens is 2. The Morgan fingerprint density at radius 2 is 1.94 bits per heavy atom. The molecule has 4 heterocycles. The van der Waals surface area contributed by atoms with E-state index in [1.165, 1.54) is 36.5 Å². The molecular formula is C24H23F3N6O3. The van der Waals surface area contributed by atoms with Crippen molar-refractivity contribution in [1.82, 2.24) is 9.97 Å². The number of nitrogen functional groups attached to an aromatic ring is 1. The molecule has 1 aromatic carbocycles. The molecule has 0 atom stereocenters. The van der Waals surface area contributed by atoms with Crippen LogP contribution in [0.5, 0.6) is 5.75 Å². The largest absolute Gasteiger partial charge is 0.486 e. The van der Waals surface area contributed by atoms with Gasteiger partial charge in [0.2, 0.25) is 0 Å². The van der Waals surface area contributed by atoms with Gasteiger partial charge in [0.1, 0.15) is 24.0 Å². The maximum atomic E-state index is 13.5. The zero-order chi connectivity index (χ0) is 25.3. The Hall–Kier alpha value is -4.06. The van der Waals surface area contributed by atoms with Crippen molar-refractivity contribution in [3.8, 4) is 5.75 Å². The number of nitrogens with zero attached hydrogens (tertiary/aromatic N) is 4. The number of carbonyl (C=O) groups is 1. The molecule has 1 saturated heterocycles. The number of fused-ring (bicyclic) bond motifs is 2. The third-order valence-electron chi connectivity index (χ3n) is 5.96. The summed E-state index contributed by atoms with van der Waals surface area (Å²) in [4.78, 5) is 23.5. The lowest BCUT2D eigenvalue weighted by Gasteiger charge is -2.30. The predicted octanol–water partition coefficient (Wildman–Crippen LogP) is 3.63. The van der Waals surface area contributed by atoms with Crippen molar-refractivity contribution in [2.24, 2.45) is 0 Å². The molecule has 3 aromatic rings. The topological polar surface area (TPSA) is 106 Å². The van der Waals surface area contributed by atoms with Crippen LogP contribution in [0.25, 0.3) is 0 Å². The first kappa shape index (κ1) is 23.7. The van der Waals surface area contributed by atoms with Gasteiger partial charge in [-0.25, -0.2) is 9.97 Å². The highest BCUT2D eigenvalue weighted by atomic mass is 19.4. The third-order valence-corrected chi connectivity index (χ3v) is 5.96. The number of amides is 1. The van der Waals surface area contributed by atoms with Gasteiger partial charge in [0, 0.05) is 36.9 Å². The Morgan fingerprint density at radius 3 is 2.67 bits per heavy atom. The molecule has 2 aromatic heterocycles. The normalized spacial score (nSPS) is 15.1. The van der Waals surface area contributed by atoms with Gasteiger partial charge in [-0.1, -0.05) is 6.07 Å². The molecule has 9 nitrogen and oxygen atoms in total. The van der Waals surface area contributed by atoms with E-state index in [-0.39, 0.29) is 24.7 Å². The van der Waals surface area contributed by atoms with Gasteiger partial charge in [-0.05, 0) is 35.9 Å². The quantitative estimate of drug-likeness (QED) is 0.560. The van der Waals surface area contributed by atoms with E-state index < -0.39 is 12.1 Å². The average molecular weight is 500 g/mol. The predicted molar refractivity (Wildman–Crippen MR) is 127 cm³/mol. The van der Waals surface area contributed by atoms with Crippen molar-refractivity contribution in [3.63, 3.8) is 0 Å². The average Bonchev–Trinajstić information content (AvgIpc) is 3.06. The molecule has 0 radical (unpaired) electrons. The van der Waals surface area contributed by atoms with Crippen LogP contribution in [-0.4, -0.2) is 48.4 Å². The van der Waals surface area contributed by atoms with Crippen molar-refractivity contribution in [1.29, 1.82) is 0 Å². The van der Waals surface area contributed by atoms with Crippen LogP contribution in [0, 0.1) is 0 Å². The minimum absolute atomic E-state index is 0.0387. The number of pyridine rings is 2. The first-order valence-electron chi connectivity index (χ1n) is 11.2. The molecular weight excluding hydrogens is 477 g/mol. The van der Waals surface area contributed by atoms with E-state index >= 15 is 0 Å². The lowest BCUT2D eigenvalue weighted by Crippen LogP contribution is -2.40. The van der Waals surface area contributed by atoms with Crippen LogP contribution < -0.4 is 25.6 Å². The summed E-state index contributed by atoms with van der Waals surface area (Å²) in [6.45, 7) is 2.55. The third kappa shape index (κ3) is 4.85. The van der Waals surface area contributed by atoms with Gasteiger partial charge in [-0.15, -0.1) is 0 Å². The second kappa shape index (κ2) is 9.53. The zero-order valence-corrected chi connectivity index (χ0v) is 19.1. The number of nitrogens with one attached hydrogen (secondary N) is 1. The number of ether oxygens (including phenoxy) is 2. The van der Waals surface area contributed by atoms with Crippen molar-refractivity contribution in [2.45, 2.75) is 19.3 Å². The standard InChI is InChI=1S/C24H23F3N6O3/c25-24(26,27)23(34)33(13-15-1-4-21(28)30-12-15)16-2-3-20-18(11-16)31-22-17(14-36-20)19(5-6-29-22)32-7-9-35-10-8-32/h1-6,11-12H,7-10,13-14H2,(H2,28,30)(H,29,31). The van der Waals surface area contributed by atoms with Gasteiger partial charge in [0.25, 0.3) is 0 Å². The number of anilines is 5. The molecule has 36 heavy (non-hydrogen) atoms. The van der Waals surface area contributed by atoms with E-state index in [1.807, 2.05) is 6.07 Å². The minimum atomic E-state index is -5.07. The maximum absolute atomic E-state index is 13.5. The number of hydrogen-bond acceptors (Lipinski definition) is 8. The SMILES string of the molecule is Nc1ccc(CN(C(=O)C(F)(F)F)c2ccc3c(c2)Nc2nccc(N4CCOCC4)c2CO3)cn1. The van der Waals surface area contributed by atoms with Crippen LogP contribution in [0.15, 0.2) is 48.8 Å². The van der Waals surface area contributed by atoms with E-state index in [0.29, 0.717) is 40.9 Å². The van der Waals surface area contributed by atoms with Crippen LogP contribution in [0.2, 0.25) is 0 Å². The number of benzene rings is 1. The van der Waals surface area contributed by atoms with E-state index in [1.54, 1.807) is 6.20 Å². The van der Waals surface area contributed by atoms with Crippen molar-refractivity contribution >= 4 is 34.6 Å². The number of rotatable bonds is 4. The molecule has 0 bridgehead atoms. The monoisotopic (exact) mass is 500 g/mol. The lowest BCUT2D eigenvalue weighted by atomic mass is 10.1. The van der Waals surface area contributed by atoms with E-state index in [0.717, 1.165) is 24.3 Å². The fourth-order valence-electron chi connectivity index (χ4n) is 4.17. The Morgan fingerprint density at radius 1 is 1.14 bits per heavy atom. The number of nitrogens with two attached hydrogens (primary N) is 1. The van der Waals surface area contributed by atoms with Crippen LogP contribution in [0.1, 0.15) is 11.1 Å². The number of carbonyl (C=O) groups excluding carboxylic acids is 1. The molecule has 12 heteroatoms. The lowest BCUT2D eigenvalue weighted by molar-refractivity contribution is -0.170. The van der Waals surface area contributed by atoms with Gasteiger partial charge in [0.15, 0.2) is 0 Å². The molecule has 0 spiro atoms. The summed E-state index contributed by atoms with van der Waals surface area (Å²) in [5.74, 6) is -0.812. The summed E-state index contributed by atoms with van der Waals surface area (Å²) in [5, 5.41) is 3.18. The highest BCUT2D eigenvalue weighted by Gasteiger charge is 2.43. The van der Waals surface area contributed by atoms with Crippen LogP contribution >= 0.6 is 0 Å². The Kier molecular flexibility index (Phi) is 6.27. The summed E-state index contributed by atoms with van der Waals surface area (Å²) in [6, 6.07) is 9.30. The molecule has 0 saturated carbocycles. The van der Waals surface area contributed by atoms with Crippen LogP contribution in [-0.2, 0) is 22.7 Å². The van der Waals surface area contributed by atoms with Gasteiger partial charge in [-0.3, -0.25) is 4.79 Å². The minimum Gasteiger partial charge on any atom is -0.486 e. The van der Waals surface area contributed by atoms with Gasteiger partial charge >= 0.3 is 12.1 Å². The summed E-state index contributed by atoms with van der Waals surface area (Å²) < 4.78 is 51.9. The highest BCUT2D eigenvalue weighted by molar-refractivity contribution is 5.98. The smallest absolute Gasteiger partial charge is 0.471 e. The van der Waals surface area contributed by atoms with Crippen molar-refractivity contribution < 1.29 is 27.4 Å². The summed E-state index contributed by atoms with van der Waals surface area (Å²) in [7, 11) is 0. The first-order valence-corrected chi connectivity index (χ1v) is 11.2. The van der Waals surface area contributed by atoms with Crippen LogP contribution in [0.3, 0.4) is 0 Å². The molecule has 1 amide bonds. The molecule has 1 fully saturated rings. The maximum Gasteiger partial charge on any atom is 0.471 e. The number of alkyl halides is 3. The molecule has 2 aliphatic rings. The molecule has 188 valence electrons. The molecule has 0 aliphatic carbocycles. The highest BCUT2D eigenvalue weighted by Crippen LogP contribution is 2.39. The number of halogens is 3. The summed E-state index contributed by atoms with van der Waals surface area (Å²) >= 11 is 0. The fourth-order valence-corrected chi connectivity index (χ4v) is 4.17. The second-order valence-electron chi connectivity index (χ2n) is 8.33. The molecule has 5 rings (SSSR count). The number of hydrogen-bond donors (Lipinski definition) is 2. The van der Waals surface area contributed by atoms with Gasteiger partial charge < -0.3 is 30.3 Å². The van der Waals surface area contributed by atoms with Crippen molar-refractivity contribution in [3.05, 3.63) is 59.9 Å². The van der Waals surface area contributed by atoms with Gasteiger partial charge in [-0.2, -0.15) is 13.2 Å². The Balaban J connectivity index is 1.48. The zero-order valence-electron chi connectivity index (χ0n) is 19.1. The van der Waals surface area contributed by atoms with E-state index in [4.69, 9.17) is 15.2 Å². The second-order valence-corrected chi connectivity index (χ2v) is 8.33. The number of morpholine rings is 1. The summed E-state index contributed by atoms with van der Waals surface area (Å²) in [5.41, 5.74) is 8.18. The molecule has 0 unspecified atom stereocenters. The van der Waals surface area contributed by atoms with E-state index in [9.17, 15) is 18.0 Å². The molecule has 3 N–H and O–H groups in total. The first-order chi connectivity index (χ1) is 17.3. The molecule has 2 aliphatic heterocycles.